The van der Waals surface area contributed by atoms with E-state index in [1.54, 1.807) is 13.3 Å². The highest BCUT2D eigenvalue weighted by Gasteiger charge is 1.78. The minimum absolute atomic E-state index is 0.945. The second-order valence-electron chi connectivity index (χ2n) is 1.66. The predicted molar refractivity (Wildman–Crippen MR) is 42.3 cm³/mol. The molecule has 0 unspecified atom stereocenters. The maximum absolute atomic E-state index is 3.84. The van der Waals surface area contributed by atoms with Crippen LogP contribution in [0, 0.1) is 0 Å². The molecule has 0 saturated heterocycles. The lowest BCUT2D eigenvalue weighted by Crippen LogP contribution is -1.78. The van der Waals surface area contributed by atoms with Crippen molar-refractivity contribution >= 4 is 12.6 Å². The monoisotopic (exact) mass is 124 g/mol. The van der Waals surface area contributed by atoms with Crippen LogP contribution in [0.4, 0.5) is 0 Å². The van der Waals surface area contributed by atoms with Crippen molar-refractivity contribution in [2.75, 3.05) is 7.05 Å². The number of hydrogen-bond donors (Lipinski definition) is 0. The largest absolute Gasteiger partial charge is 0.277 e. The summed E-state index contributed by atoms with van der Waals surface area (Å²) < 4.78 is 0. The fraction of sp³-hybridized carbons (Fsp3) is 0.429. The van der Waals surface area contributed by atoms with E-state index in [-0.39, 0.29) is 0 Å². The molecule has 0 aromatic carbocycles. The molecule has 9 heavy (non-hydrogen) atoms. The van der Waals surface area contributed by atoms with E-state index >= 15 is 0 Å². The van der Waals surface area contributed by atoms with E-state index in [2.05, 4.69) is 16.6 Å². The lowest BCUT2D eigenvalue weighted by molar-refractivity contribution is 1.19. The molecule has 0 aliphatic heterocycles. The van der Waals surface area contributed by atoms with Crippen LogP contribution in [0.5, 0.6) is 0 Å². The molecule has 0 radical (unpaired) electrons. The summed E-state index contributed by atoms with van der Waals surface area (Å²) >= 11 is 0. The second-order valence-corrected chi connectivity index (χ2v) is 1.66. The van der Waals surface area contributed by atoms with E-state index in [1.807, 2.05) is 6.92 Å². The highest BCUT2D eigenvalue weighted by atomic mass is 14.8. The Bertz CT molecular complexity index is 134. The van der Waals surface area contributed by atoms with Gasteiger partial charge in [0.1, 0.15) is 6.34 Å². The van der Waals surface area contributed by atoms with Gasteiger partial charge in [-0.25, -0.2) is 4.99 Å². The van der Waals surface area contributed by atoms with Gasteiger partial charge in [0.2, 0.25) is 0 Å². The number of allylic oxidation sites excluding steroid dienone is 1. The minimum atomic E-state index is 0.945. The standard InChI is InChI=1S/C7H12N2/c1-4-7(2)5-9-6-8-3/h5-6H,2,4H2,1,3H3/b8-6-,9-5-. The molecule has 0 saturated carbocycles. The molecule has 0 bridgehead atoms. The Balaban J connectivity index is 3.57. The van der Waals surface area contributed by atoms with Crippen molar-refractivity contribution in [3.63, 3.8) is 0 Å². The summed E-state index contributed by atoms with van der Waals surface area (Å²) in [6.45, 7) is 5.77. The van der Waals surface area contributed by atoms with Gasteiger partial charge in [-0.05, 0) is 12.0 Å². The zero-order valence-corrected chi connectivity index (χ0v) is 5.96. The SMILES string of the molecule is C=C(/C=N\C=N/C)CC. The molecule has 50 valence electrons. The summed E-state index contributed by atoms with van der Waals surface area (Å²) in [5, 5.41) is 0. The van der Waals surface area contributed by atoms with E-state index in [0.29, 0.717) is 0 Å². The maximum atomic E-state index is 3.84. The zero-order valence-electron chi connectivity index (χ0n) is 5.96. The van der Waals surface area contributed by atoms with Gasteiger partial charge in [-0.1, -0.05) is 13.5 Å². The maximum Gasteiger partial charge on any atom is 0.109 e. The molecule has 2 nitrogen and oxygen atoms in total. The fourth-order valence-electron chi connectivity index (χ4n) is 0.297. The van der Waals surface area contributed by atoms with Gasteiger partial charge in [0.25, 0.3) is 0 Å². The summed E-state index contributed by atoms with van der Waals surface area (Å²) in [5.41, 5.74) is 1.02. The van der Waals surface area contributed by atoms with E-state index in [1.165, 1.54) is 6.34 Å². The molecular formula is C7H12N2. The number of rotatable bonds is 3. The Labute approximate surface area is 56.0 Å². The Morgan fingerprint density at radius 3 is 2.78 bits per heavy atom. The van der Waals surface area contributed by atoms with Crippen molar-refractivity contribution in [3.05, 3.63) is 12.2 Å². The lowest BCUT2D eigenvalue weighted by Gasteiger charge is -1.85. The van der Waals surface area contributed by atoms with E-state index in [0.717, 1.165) is 12.0 Å². The third kappa shape index (κ3) is 4.94. The number of aliphatic imine (C=N–C) groups is 2. The van der Waals surface area contributed by atoms with Crippen molar-refractivity contribution in [3.8, 4) is 0 Å². The molecule has 0 amide bonds. The van der Waals surface area contributed by atoms with Crippen molar-refractivity contribution in [1.82, 2.24) is 0 Å². The lowest BCUT2D eigenvalue weighted by atomic mass is 10.3. The van der Waals surface area contributed by atoms with Crippen LogP contribution in [0.2, 0.25) is 0 Å². The summed E-state index contributed by atoms with van der Waals surface area (Å²) in [6.07, 6.45) is 4.16. The summed E-state index contributed by atoms with van der Waals surface area (Å²) in [5.74, 6) is 0. The van der Waals surface area contributed by atoms with E-state index in [9.17, 15) is 0 Å². The minimum Gasteiger partial charge on any atom is -0.277 e. The van der Waals surface area contributed by atoms with Crippen LogP contribution in [0.15, 0.2) is 22.1 Å². The smallest absolute Gasteiger partial charge is 0.109 e. The van der Waals surface area contributed by atoms with E-state index in [4.69, 9.17) is 0 Å². The quantitative estimate of drug-likeness (QED) is 0.404. The Hall–Kier alpha value is -0.920. The third-order valence-electron chi connectivity index (χ3n) is 0.893. The summed E-state index contributed by atoms with van der Waals surface area (Å²) in [4.78, 5) is 7.52. The van der Waals surface area contributed by atoms with Crippen molar-refractivity contribution in [2.24, 2.45) is 9.98 Å². The first-order chi connectivity index (χ1) is 4.31. The fourth-order valence-corrected chi connectivity index (χ4v) is 0.297. The van der Waals surface area contributed by atoms with Crippen molar-refractivity contribution in [2.45, 2.75) is 13.3 Å². The molecule has 0 aliphatic rings. The number of nitrogens with zero attached hydrogens (tertiary/aromatic N) is 2. The Morgan fingerprint density at radius 2 is 2.33 bits per heavy atom. The normalized spacial score (nSPS) is 11.3. The van der Waals surface area contributed by atoms with Gasteiger partial charge in [-0.3, -0.25) is 4.99 Å². The van der Waals surface area contributed by atoms with Crippen LogP contribution in [0.1, 0.15) is 13.3 Å². The molecule has 0 rings (SSSR count). The van der Waals surface area contributed by atoms with Crippen LogP contribution >= 0.6 is 0 Å². The first-order valence-electron chi connectivity index (χ1n) is 2.92. The molecule has 0 atom stereocenters. The summed E-state index contributed by atoms with van der Waals surface area (Å²) in [6, 6.07) is 0. The second kappa shape index (κ2) is 5.22. The van der Waals surface area contributed by atoms with Gasteiger partial charge in [-0.15, -0.1) is 0 Å². The first kappa shape index (κ1) is 8.08. The van der Waals surface area contributed by atoms with Crippen LogP contribution in [0.3, 0.4) is 0 Å². The average Bonchev–Trinajstić information content (AvgIpc) is 1.89. The highest BCUT2D eigenvalue weighted by Crippen LogP contribution is 1.89. The highest BCUT2D eigenvalue weighted by molar-refractivity contribution is 5.84. The van der Waals surface area contributed by atoms with Gasteiger partial charge >= 0.3 is 0 Å². The molecule has 0 aliphatic carbocycles. The van der Waals surface area contributed by atoms with Gasteiger partial charge in [-0.2, -0.15) is 0 Å². The molecule has 0 spiro atoms. The van der Waals surface area contributed by atoms with Gasteiger partial charge in [0.15, 0.2) is 0 Å². The molecule has 2 heteroatoms. The van der Waals surface area contributed by atoms with Gasteiger partial charge < -0.3 is 0 Å². The average molecular weight is 124 g/mol. The molecule has 0 N–H and O–H groups in total. The van der Waals surface area contributed by atoms with Gasteiger partial charge in [0, 0.05) is 13.3 Å². The molecule has 0 aromatic rings. The number of hydrogen-bond acceptors (Lipinski definition) is 1. The molecule has 0 aromatic heterocycles. The first-order valence-corrected chi connectivity index (χ1v) is 2.92. The Morgan fingerprint density at radius 1 is 1.67 bits per heavy atom. The van der Waals surface area contributed by atoms with E-state index < -0.39 is 0 Å². The molecular weight excluding hydrogens is 112 g/mol. The van der Waals surface area contributed by atoms with Crippen molar-refractivity contribution in [1.29, 1.82) is 0 Å². The zero-order chi connectivity index (χ0) is 7.11. The Kier molecular flexibility index (Phi) is 4.69. The van der Waals surface area contributed by atoms with Gasteiger partial charge in [0.05, 0.1) is 0 Å². The summed E-state index contributed by atoms with van der Waals surface area (Å²) in [7, 11) is 1.69. The third-order valence-corrected chi connectivity index (χ3v) is 0.893. The topological polar surface area (TPSA) is 24.7 Å². The van der Waals surface area contributed by atoms with Crippen LogP contribution in [-0.2, 0) is 0 Å². The van der Waals surface area contributed by atoms with Crippen LogP contribution in [-0.4, -0.2) is 19.6 Å². The molecule has 0 fully saturated rings. The van der Waals surface area contributed by atoms with Crippen molar-refractivity contribution < 1.29 is 0 Å². The molecule has 0 heterocycles. The van der Waals surface area contributed by atoms with Crippen LogP contribution < -0.4 is 0 Å². The van der Waals surface area contributed by atoms with Crippen LogP contribution in [0.25, 0.3) is 0 Å². The predicted octanol–water partition coefficient (Wildman–Crippen LogP) is 1.68.